The van der Waals surface area contributed by atoms with E-state index in [0.717, 1.165) is 9.98 Å². The Bertz CT molecular complexity index is 911. The number of hydrazone groups is 1. The van der Waals surface area contributed by atoms with Crippen LogP contribution >= 0.6 is 34.8 Å². The summed E-state index contributed by atoms with van der Waals surface area (Å²) in [6, 6.07) is 11.2. The van der Waals surface area contributed by atoms with Gasteiger partial charge in [0.1, 0.15) is 0 Å². The standard InChI is InChI=1S/C16H13Cl3N2O2S/c1-10-9-21(24(22,23)13-5-3-12(17)4-6-13)20-16(10)11-2-7-14(18)15(19)8-11/h2-8,10H,9H2,1H3/t10-/m1/s1. The van der Waals surface area contributed by atoms with E-state index in [1.807, 2.05) is 6.92 Å². The van der Waals surface area contributed by atoms with Crippen molar-refractivity contribution in [3.63, 3.8) is 0 Å². The molecule has 1 heterocycles. The van der Waals surface area contributed by atoms with Gasteiger partial charge < -0.3 is 0 Å². The smallest absolute Gasteiger partial charge is 0.200 e. The van der Waals surface area contributed by atoms with Crippen LogP contribution in [-0.4, -0.2) is 25.1 Å². The Labute approximate surface area is 155 Å². The first-order valence-electron chi connectivity index (χ1n) is 7.11. The molecule has 1 atom stereocenters. The molecule has 0 fully saturated rings. The van der Waals surface area contributed by atoms with E-state index >= 15 is 0 Å². The second kappa shape index (κ2) is 6.56. The molecule has 3 rings (SSSR count). The molecule has 1 aliphatic rings. The fraction of sp³-hybridized carbons (Fsp3) is 0.188. The van der Waals surface area contributed by atoms with Gasteiger partial charge in [-0.15, -0.1) is 0 Å². The Hall–Kier alpha value is -1.27. The summed E-state index contributed by atoms with van der Waals surface area (Å²) in [5.74, 6) is -0.0654. The number of rotatable bonds is 3. The average Bonchev–Trinajstić information content (AvgIpc) is 2.93. The average molecular weight is 404 g/mol. The molecule has 0 saturated carbocycles. The van der Waals surface area contributed by atoms with Crippen molar-refractivity contribution in [1.29, 1.82) is 0 Å². The number of nitrogens with zero attached hydrogens (tertiary/aromatic N) is 2. The van der Waals surface area contributed by atoms with Crippen molar-refractivity contribution < 1.29 is 8.42 Å². The van der Waals surface area contributed by atoms with Crippen LogP contribution in [-0.2, 0) is 10.0 Å². The van der Waals surface area contributed by atoms with Crippen LogP contribution in [0.25, 0.3) is 0 Å². The highest BCUT2D eigenvalue weighted by Gasteiger charge is 2.32. The highest BCUT2D eigenvalue weighted by Crippen LogP contribution is 2.29. The SMILES string of the molecule is C[C@@H]1CN(S(=O)(=O)c2ccc(Cl)cc2)N=C1c1ccc(Cl)c(Cl)c1. The van der Waals surface area contributed by atoms with Crippen LogP contribution in [0, 0.1) is 5.92 Å². The summed E-state index contributed by atoms with van der Waals surface area (Å²) < 4.78 is 26.5. The van der Waals surface area contributed by atoms with E-state index in [-0.39, 0.29) is 17.4 Å². The fourth-order valence-electron chi connectivity index (χ4n) is 2.46. The molecule has 2 aromatic rings. The van der Waals surface area contributed by atoms with Crippen LogP contribution in [0.3, 0.4) is 0 Å². The molecule has 0 unspecified atom stereocenters. The molecule has 0 bridgehead atoms. The number of sulfonamides is 1. The molecule has 0 N–H and O–H groups in total. The summed E-state index contributed by atoms with van der Waals surface area (Å²) in [7, 11) is -3.72. The van der Waals surface area contributed by atoms with Gasteiger partial charge in [-0.3, -0.25) is 0 Å². The summed E-state index contributed by atoms with van der Waals surface area (Å²) in [4.78, 5) is 0.151. The largest absolute Gasteiger partial charge is 0.279 e. The Balaban J connectivity index is 1.97. The summed E-state index contributed by atoms with van der Waals surface area (Å²) in [5, 5.41) is 5.63. The first kappa shape index (κ1) is 17.5. The Morgan fingerprint density at radius 2 is 1.71 bits per heavy atom. The van der Waals surface area contributed by atoms with Crippen molar-refractivity contribution in [2.75, 3.05) is 6.54 Å². The number of halogens is 3. The zero-order chi connectivity index (χ0) is 17.5. The molecule has 0 saturated heterocycles. The molecular weight excluding hydrogens is 391 g/mol. The third-order valence-electron chi connectivity index (χ3n) is 3.72. The zero-order valence-corrected chi connectivity index (χ0v) is 15.7. The van der Waals surface area contributed by atoms with Crippen LogP contribution in [0.5, 0.6) is 0 Å². The van der Waals surface area contributed by atoms with Crippen LogP contribution in [0.1, 0.15) is 12.5 Å². The van der Waals surface area contributed by atoms with E-state index in [1.165, 1.54) is 24.3 Å². The van der Waals surface area contributed by atoms with E-state index in [2.05, 4.69) is 5.10 Å². The second-order valence-electron chi connectivity index (χ2n) is 5.48. The molecule has 24 heavy (non-hydrogen) atoms. The number of benzene rings is 2. The molecule has 0 aliphatic carbocycles. The fourth-order valence-corrected chi connectivity index (χ4v) is 4.22. The number of hydrogen-bond acceptors (Lipinski definition) is 3. The first-order valence-corrected chi connectivity index (χ1v) is 9.68. The van der Waals surface area contributed by atoms with Gasteiger partial charge in [0, 0.05) is 10.9 Å². The van der Waals surface area contributed by atoms with Gasteiger partial charge in [-0.05, 0) is 42.0 Å². The van der Waals surface area contributed by atoms with Crippen LogP contribution in [0.2, 0.25) is 15.1 Å². The molecule has 0 radical (unpaired) electrons. The van der Waals surface area contributed by atoms with Crippen molar-refractivity contribution in [2.24, 2.45) is 11.0 Å². The maximum atomic E-state index is 12.7. The maximum absolute atomic E-state index is 12.7. The van der Waals surface area contributed by atoms with Gasteiger partial charge in [0.15, 0.2) is 0 Å². The van der Waals surface area contributed by atoms with E-state index in [9.17, 15) is 8.42 Å². The lowest BCUT2D eigenvalue weighted by Crippen LogP contribution is -2.25. The topological polar surface area (TPSA) is 49.7 Å². The van der Waals surface area contributed by atoms with Crippen molar-refractivity contribution in [1.82, 2.24) is 4.41 Å². The van der Waals surface area contributed by atoms with E-state index in [4.69, 9.17) is 34.8 Å². The van der Waals surface area contributed by atoms with E-state index in [1.54, 1.807) is 18.2 Å². The molecule has 126 valence electrons. The van der Waals surface area contributed by atoms with Gasteiger partial charge >= 0.3 is 0 Å². The molecule has 1 aliphatic heterocycles. The third kappa shape index (κ3) is 3.26. The highest BCUT2D eigenvalue weighted by atomic mass is 35.5. The maximum Gasteiger partial charge on any atom is 0.279 e. The Morgan fingerprint density at radius 1 is 1.04 bits per heavy atom. The zero-order valence-electron chi connectivity index (χ0n) is 12.6. The van der Waals surface area contributed by atoms with Gasteiger partial charge in [-0.25, -0.2) is 0 Å². The van der Waals surface area contributed by atoms with Crippen LogP contribution in [0.15, 0.2) is 52.5 Å². The molecule has 4 nitrogen and oxygen atoms in total. The third-order valence-corrected chi connectivity index (χ3v) is 6.36. The minimum absolute atomic E-state index is 0.0654. The summed E-state index contributed by atoms with van der Waals surface area (Å²) in [6.07, 6.45) is 0. The minimum atomic E-state index is -3.72. The minimum Gasteiger partial charge on any atom is -0.200 e. The van der Waals surface area contributed by atoms with Crippen molar-refractivity contribution in [3.05, 3.63) is 63.1 Å². The quantitative estimate of drug-likeness (QED) is 0.746. The normalized spacial score (nSPS) is 17.9. The first-order chi connectivity index (χ1) is 11.3. The van der Waals surface area contributed by atoms with Gasteiger partial charge in [-0.1, -0.05) is 47.8 Å². The second-order valence-corrected chi connectivity index (χ2v) is 8.57. The lowest BCUT2D eigenvalue weighted by atomic mass is 10.00. The number of hydrogen-bond donors (Lipinski definition) is 0. The van der Waals surface area contributed by atoms with Crippen LogP contribution < -0.4 is 0 Å². The van der Waals surface area contributed by atoms with E-state index < -0.39 is 10.0 Å². The monoisotopic (exact) mass is 402 g/mol. The molecular formula is C16H13Cl3N2O2S. The van der Waals surface area contributed by atoms with Crippen molar-refractivity contribution in [2.45, 2.75) is 11.8 Å². The molecule has 8 heteroatoms. The lowest BCUT2D eigenvalue weighted by Gasteiger charge is -2.14. The van der Waals surface area contributed by atoms with Crippen LogP contribution in [0.4, 0.5) is 0 Å². The predicted octanol–water partition coefficient (Wildman–Crippen LogP) is 4.69. The molecule has 2 aromatic carbocycles. The highest BCUT2D eigenvalue weighted by molar-refractivity contribution is 7.89. The van der Waals surface area contributed by atoms with Crippen molar-refractivity contribution in [3.8, 4) is 0 Å². The van der Waals surface area contributed by atoms with Crippen molar-refractivity contribution >= 4 is 50.5 Å². The predicted molar refractivity (Wildman–Crippen MR) is 97.5 cm³/mol. The summed E-state index contributed by atoms with van der Waals surface area (Å²) in [5.41, 5.74) is 1.41. The van der Waals surface area contributed by atoms with Gasteiger partial charge in [0.2, 0.25) is 0 Å². The molecule has 0 aromatic heterocycles. The summed E-state index contributed by atoms with van der Waals surface area (Å²) >= 11 is 17.8. The molecule has 0 amide bonds. The lowest BCUT2D eigenvalue weighted by molar-refractivity contribution is 0.439. The van der Waals surface area contributed by atoms with Gasteiger partial charge in [0.25, 0.3) is 10.0 Å². The molecule has 0 spiro atoms. The van der Waals surface area contributed by atoms with Gasteiger partial charge in [0.05, 0.1) is 27.2 Å². The Morgan fingerprint density at radius 3 is 2.33 bits per heavy atom. The Kier molecular flexibility index (Phi) is 4.80. The summed E-state index contributed by atoms with van der Waals surface area (Å²) in [6.45, 7) is 2.18. The van der Waals surface area contributed by atoms with Gasteiger partial charge in [-0.2, -0.15) is 17.9 Å². The van der Waals surface area contributed by atoms with E-state index in [0.29, 0.717) is 20.8 Å².